The molecule has 0 heterocycles. The van der Waals surface area contributed by atoms with Crippen LogP contribution in [0.15, 0.2) is 0 Å². The maximum Gasteiger partial charge on any atom is 0.127 e. The molecule has 0 amide bonds. The average molecular weight is 68.9 g/mol. The summed E-state index contributed by atoms with van der Waals surface area (Å²) in [6.45, 7) is 0. The summed E-state index contributed by atoms with van der Waals surface area (Å²) in [5.41, 5.74) is 5.72. The topological polar surface area (TPSA) is 26.0 Å². The van der Waals surface area contributed by atoms with Crippen molar-refractivity contribution in [1.29, 1.82) is 0 Å². The van der Waals surface area contributed by atoms with Crippen LogP contribution in [0.4, 0.5) is 0 Å². The molecule has 28 valence electrons. The minimum absolute atomic E-state index is 0.250. The molecule has 1 saturated carbocycles. The van der Waals surface area contributed by atoms with Gasteiger partial charge < -0.3 is 5.73 Å². The van der Waals surface area contributed by atoms with Gasteiger partial charge in [0.15, 0.2) is 0 Å². The lowest BCUT2D eigenvalue weighted by Gasteiger charge is -1.87. The highest BCUT2D eigenvalue weighted by Crippen LogP contribution is 2.26. The average Bonchev–Trinajstić information content (AvgIpc) is 1.76. The van der Waals surface area contributed by atoms with E-state index >= 15 is 0 Å². The first kappa shape index (κ1) is 3.22. The predicted molar refractivity (Wildman–Crippen MR) is 24.7 cm³/mol. The van der Waals surface area contributed by atoms with Crippen molar-refractivity contribution in [3.8, 4) is 0 Å². The summed E-state index contributed by atoms with van der Waals surface area (Å²) in [6.07, 6.45) is 2.46. The summed E-state index contributed by atoms with van der Waals surface area (Å²) in [7, 11) is 2.08. The molecule has 2 N–H and O–H groups in total. The minimum atomic E-state index is 0.250. The largest absolute Gasteiger partial charge is 0.332 e. The second-order valence-corrected chi connectivity index (χ2v) is 2.15. The van der Waals surface area contributed by atoms with E-state index in [1.165, 1.54) is 12.8 Å². The van der Waals surface area contributed by atoms with Crippen LogP contribution in [0.2, 0.25) is 0 Å². The molecule has 1 aliphatic rings. The fourth-order valence-electron chi connectivity index (χ4n) is 0.197. The van der Waals surface area contributed by atoms with Crippen LogP contribution in [0.25, 0.3) is 0 Å². The molecule has 0 spiro atoms. The molecule has 0 aromatic heterocycles. The van der Waals surface area contributed by atoms with E-state index in [9.17, 15) is 0 Å². The van der Waals surface area contributed by atoms with Crippen LogP contribution >= 0.6 is 0 Å². The van der Waals surface area contributed by atoms with Crippen LogP contribution in [0.5, 0.6) is 0 Å². The minimum Gasteiger partial charge on any atom is -0.332 e. The van der Waals surface area contributed by atoms with Crippen LogP contribution < -0.4 is 5.73 Å². The Morgan fingerprint density at radius 3 is 1.80 bits per heavy atom. The van der Waals surface area contributed by atoms with Crippen molar-refractivity contribution in [2.45, 2.75) is 18.3 Å². The molecule has 0 aromatic rings. The Balaban J connectivity index is 2.38. The van der Waals surface area contributed by atoms with Crippen molar-refractivity contribution < 1.29 is 0 Å². The lowest BCUT2D eigenvalue weighted by Crippen LogP contribution is -2.20. The van der Waals surface area contributed by atoms with E-state index in [4.69, 9.17) is 5.73 Å². The zero-order valence-corrected chi connectivity index (χ0v) is 3.49. The van der Waals surface area contributed by atoms with Crippen molar-refractivity contribution in [2.75, 3.05) is 0 Å². The van der Waals surface area contributed by atoms with Crippen molar-refractivity contribution in [2.24, 2.45) is 5.73 Å². The molecule has 0 radical (unpaired) electrons. The lowest BCUT2D eigenvalue weighted by atomic mass is 9.95. The molecule has 1 fully saturated rings. The fraction of sp³-hybridized carbons (Fsp3) is 1.00. The number of hydrogen-bond acceptors (Lipinski definition) is 1. The summed E-state index contributed by atoms with van der Waals surface area (Å²) in [6, 6.07) is 0. The SMILES string of the molecule is BC1(N)CC1. The summed E-state index contributed by atoms with van der Waals surface area (Å²) >= 11 is 0. The Labute approximate surface area is 33.0 Å². The zero-order valence-electron chi connectivity index (χ0n) is 3.49. The first-order valence-electron chi connectivity index (χ1n) is 2.00. The second-order valence-electron chi connectivity index (χ2n) is 2.15. The van der Waals surface area contributed by atoms with Crippen molar-refractivity contribution >= 4 is 7.85 Å². The summed E-state index contributed by atoms with van der Waals surface area (Å²) in [5.74, 6) is 0. The maximum absolute atomic E-state index is 5.47. The number of nitrogens with two attached hydrogens (primary N) is 1. The summed E-state index contributed by atoms with van der Waals surface area (Å²) < 4.78 is 0. The van der Waals surface area contributed by atoms with Gasteiger partial charge in [0, 0.05) is 0 Å². The Morgan fingerprint density at radius 2 is 1.80 bits per heavy atom. The molecule has 0 saturated heterocycles. The molecule has 0 aliphatic heterocycles. The first-order valence-corrected chi connectivity index (χ1v) is 2.00. The highest BCUT2D eigenvalue weighted by atomic mass is 14.8. The van der Waals surface area contributed by atoms with Gasteiger partial charge in [0.25, 0.3) is 0 Å². The Kier molecular flexibility index (Phi) is 0.369. The number of rotatable bonds is 0. The summed E-state index contributed by atoms with van der Waals surface area (Å²) in [5, 5.41) is 0. The molecule has 5 heavy (non-hydrogen) atoms. The van der Waals surface area contributed by atoms with Gasteiger partial charge in [0.1, 0.15) is 7.85 Å². The Hall–Kier alpha value is 0.0249. The molecule has 1 rings (SSSR count). The Bertz CT molecular complexity index is 44.9. The smallest absolute Gasteiger partial charge is 0.127 e. The quantitative estimate of drug-likeness (QED) is 0.365. The fourth-order valence-corrected chi connectivity index (χ4v) is 0.197. The lowest BCUT2D eigenvalue weighted by molar-refractivity contribution is 0.965. The van der Waals surface area contributed by atoms with E-state index in [-0.39, 0.29) is 5.44 Å². The van der Waals surface area contributed by atoms with Gasteiger partial charge in [-0.05, 0) is 18.3 Å². The van der Waals surface area contributed by atoms with E-state index in [2.05, 4.69) is 7.85 Å². The molecular formula is C3H8BN. The molecule has 1 nitrogen and oxygen atoms in total. The van der Waals surface area contributed by atoms with Gasteiger partial charge in [0.2, 0.25) is 0 Å². The predicted octanol–water partition coefficient (Wildman–Crippen LogP) is -0.932. The standard InChI is InChI=1S/C3H8BN/c4-3(5)1-2-3/h1-2,4-5H2. The highest BCUT2D eigenvalue weighted by molar-refractivity contribution is 6.17. The van der Waals surface area contributed by atoms with E-state index in [0.717, 1.165) is 0 Å². The molecular weight excluding hydrogens is 60.9 g/mol. The van der Waals surface area contributed by atoms with E-state index in [1.807, 2.05) is 0 Å². The van der Waals surface area contributed by atoms with Gasteiger partial charge in [0.05, 0.1) is 0 Å². The maximum atomic E-state index is 5.47. The van der Waals surface area contributed by atoms with Crippen molar-refractivity contribution in [1.82, 2.24) is 0 Å². The molecule has 1 aliphatic carbocycles. The third-order valence-electron chi connectivity index (χ3n) is 1.04. The Morgan fingerprint density at radius 1 is 1.60 bits per heavy atom. The van der Waals surface area contributed by atoms with Crippen LogP contribution in [0.3, 0.4) is 0 Å². The molecule has 0 unspecified atom stereocenters. The van der Waals surface area contributed by atoms with Gasteiger partial charge in [-0.25, -0.2) is 0 Å². The number of hydrogen-bond donors (Lipinski definition) is 1. The van der Waals surface area contributed by atoms with Gasteiger partial charge in [-0.1, -0.05) is 0 Å². The third kappa shape index (κ3) is 0.654. The van der Waals surface area contributed by atoms with E-state index in [0.29, 0.717) is 0 Å². The molecule has 0 atom stereocenters. The van der Waals surface area contributed by atoms with Gasteiger partial charge in [-0.2, -0.15) is 0 Å². The molecule has 0 aromatic carbocycles. The van der Waals surface area contributed by atoms with Crippen LogP contribution in [-0.4, -0.2) is 13.3 Å². The third-order valence-corrected chi connectivity index (χ3v) is 1.04. The second kappa shape index (κ2) is 0.572. The van der Waals surface area contributed by atoms with Crippen LogP contribution in [0, 0.1) is 0 Å². The van der Waals surface area contributed by atoms with E-state index < -0.39 is 0 Å². The van der Waals surface area contributed by atoms with Crippen molar-refractivity contribution in [3.05, 3.63) is 0 Å². The van der Waals surface area contributed by atoms with E-state index in [1.54, 1.807) is 0 Å². The molecule has 0 bridgehead atoms. The monoisotopic (exact) mass is 69.1 g/mol. The first-order chi connectivity index (χ1) is 2.21. The molecule has 2 heteroatoms. The normalized spacial score (nSPS) is 29.8. The van der Waals surface area contributed by atoms with Gasteiger partial charge >= 0.3 is 0 Å². The van der Waals surface area contributed by atoms with Crippen molar-refractivity contribution in [3.63, 3.8) is 0 Å². The highest BCUT2D eigenvalue weighted by Gasteiger charge is 2.31. The zero-order chi connectivity index (χ0) is 3.91. The van der Waals surface area contributed by atoms with Gasteiger partial charge in [-0.15, -0.1) is 0 Å². The summed E-state index contributed by atoms with van der Waals surface area (Å²) in [4.78, 5) is 0. The van der Waals surface area contributed by atoms with Crippen LogP contribution in [-0.2, 0) is 0 Å². The van der Waals surface area contributed by atoms with Crippen LogP contribution in [0.1, 0.15) is 12.8 Å². The van der Waals surface area contributed by atoms with Gasteiger partial charge in [-0.3, -0.25) is 0 Å².